The molecule has 0 aliphatic heterocycles. The summed E-state index contributed by atoms with van der Waals surface area (Å²) >= 11 is 13.0. The van der Waals surface area contributed by atoms with E-state index >= 15 is 0 Å². The Labute approximate surface area is 139 Å². The van der Waals surface area contributed by atoms with E-state index in [2.05, 4.69) is 37.2 Å². The van der Waals surface area contributed by atoms with Gasteiger partial charge in [0.05, 0.1) is 5.02 Å². The van der Waals surface area contributed by atoms with E-state index in [1.54, 1.807) is 6.07 Å². The van der Waals surface area contributed by atoms with Gasteiger partial charge in [-0.2, -0.15) is 0 Å². The second-order valence-corrected chi connectivity index (χ2v) is 6.57. The number of hydrogen-bond acceptors (Lipinski definition) is 1. The van der Waals surface area contributed by atoms with Crippen LogP contribution >= 0.6 is 43.5 Å². The lowest BCUT2D eigenvalue weighted by Gasteiger charge is -2.19. The van der Waals surface area contributed by atoms with Gasteiger partial charge in [-0.3, -0.25) is 0 Å². The molecule has 0 bridgehead atoms. The quantitative estimate of drug-likeness (QED) is 0.687. The third-order valence-electron chi connectivity index (χ3n) is 3.14. The van der Waals surface area contributed by atoms with E-state index in [4.69, 9.17) is 11.6 Å². The first-order chi connectivity index (χ1) is 9.52. The number of halogens is 4. The second-order valence-electron chi connectivity index (χ2n) is 4.42. The minimum atomic E-state index is -0.217. The molecular formula is C15H13Br2ClFN. The summed E-state index contributed by atoms with van der Waals surface area (Å²) in [6.07, 6.45) is 0.534. The number of rotatable bonds is 4. The summed E-state index contributed by atoms with van der Waals surface area (Å²) in [6.45, 7) is 0. The lowest BCUT2D eigenvalue weighted by atomic mass is 9.98. The van der Waals surface area contributed by atoms with Gasteiger partial charge in [-0.25, -0.2) is 4.39 Å². The first kappa shape index (κ1) is 16.0. The van der Waals surface area contributed by atoms with E-state index in [0.717, 1.165) is 14.5 Å². The van der Waals surface area contributed by atoms with Crippen molar-refractivity contribution in [3.63, 3.8) is 0 Å². The first-order valence-electron chi connectivity index (χ1n) is 6.08. The van der Waals surface area contributed by atoms with Crippen LogP contribution in [0, 0.1) is 5.82 Å². The fraction of sp³-hybridized carbons (Fsp3) is 0.200. The fourth-order valence-electron chi connectivity index (χ4n) is 2.06. The van der Waals surface area contributed by atoms with E-state index < -0.39 is 0 Å². The molecule has 0 aliphatic rings. The molecule has 0 amide bonds. The minimum absolute atomic E-state index is 0.0457. The molecular weight excluding hydrogens is 408 g/mol. The van der Waals surface area contributed by atoms with Gasteiger partial charge in [0.2, 0.25) is 0 Å². The van der Waals surface area contributed by atoms with Crippen molar-refractivity contribution >= 4 is 43.5 Å². The van der Waals surface area contributed by atoms with Gasteiger partial charge in [-0.15, -0.1) is 0 Å². The molecule has 20 heavy (non-hydrogen) atoms. The summed E-state index contributed by atoms with van der Waals surface area (Å²) in [4.78, 5) is 0. The van der Waals surface area contributed by atoms with Gasteiger partial charge >= 0.3 is 0 Å². The molecule has 2 aromatic rings. The van der Waals surface area contributed by atoms with E-state index in [1.165, 1.54) is 6.07 Å². The van der Waals surface area contributed by atoms with Crippen molar-refractivity contribution in [1.82, 2.24) is 5.32 Å². The van der Waals surface area contributed by atoms with Crippen LogP contribution in [0.2, 0.25) is 5.02 Å². The van der Waals surface area contributed by atoms with Crippen molar-refractivity contribution in [2.75, 3.05) is 7.05 Å². The third kappa shape index (κ3) is 3.61. The van der Waals surface area contributed by atoms with Crippen molar-refractivity contribution in [3.8, 4) is 0 Å². The lowest BCUT2D eigenvalue weighted by Crippen LogP contribution is -2.19. The maximum atomic E-state index is 13.9. The predicted molar refractivity (Wildman–Crippen MR) is 88.8 cm³/mol. The van der Waals surface area contributed by atoms with Gasteiger partial charge < -0.3 is 5.32 Å². The molecule has 106 valence electrons. The number of nitrogens with one attached hydrogen (secondary N) is 1. The second kappa shape index (κ2) is 7.03. The maximum absolute atomic E-state index is 13.9. The summed E-state index contributed by atoms with van der Waals surface area (Å²) in [5.41, 5.74) is 1.61. The van der Waals surface area contributed by atoms with Crippen LogP contribution in [0.15, 0.2) is 45.3 Å². The number of benzene rings is 2. The average molecular weight is 422 g/mol. The highest BCUT2D eigenvalue weighted by molar-refractivity contribution is 9.10. The molecule has 1 atom stereocenters. The van der Waals surface area contributed by atoms with Crippen LogP contribution in [0.5, 0.6) is 0 Å². The standard InChI is InChI=1S/C15H13Br2ClFN/c1-20-14(11-3-2-4-12(17)15(11)18)7-9-5-6-10(16)8-13(9)19/h2-6,8,14,20H,7H2,1H3. The Morgan fingerprint density at radius 2 is 2.00 bits per heavy atom. The van der Waals surface area contributed by atoms with Crippen LogP contribution in [-0.4, -0.2) is 7.05 Å². The molecule has 1 nitrogen and oxygen atoms in total. The van der Waals surface area contributed by atoms with Crippen LogP contribution in [0.3, 0.4) is 0 Å². The Hall–Kier alpha value is -0.420. The normalized spacial score (nSPS) is 12.4. The fourth-order valence-corrected chi connectivity index (χ4v) is 3.04. The zero-order chi connectivity index (χ0) is 14.7. The molecule has 5 heteroatoms. The zero-order valence-electron chi connectivity index (χ0n) is 10.8. The predicted octanol–water partition coefficient (Wildman–Crippen LogP) is 5.51. The van der Waals surface area contributed by atoms with Crippen LogP contribution in [0.4, 0.5) is 4.39 Å². The van der Waals surface area contributed by atoms with Crippen LogP contribution in [0.25, 0.3) is 0 Å². The molecule has 1 N–H and O–H groups in total. The Morgan fingerprint density at radius 3 is 2.65 bits per heavy atom. The molecule has 0 saturated heterocycles. The number of hydrogen-bond donors (Lipinski definition) is 1. The van der Waals surface area contributed by atoms with Gasteiger partial charge in [-0.1, -0.05) is 45.7 Å². The Morgan fingerprint density at radius 1 is 1.25 bits per heavy atom. The molecule has 2 aromatic carbocycles. The first-order valence-corrected chi connectivity index (χ1v) is 8.04. The molecule has 2 rings (SSSR count). The van der Waals surface area contributed by atoms with Crippen molar-refractivity contribution in [2.24, 2.45) is 0 Å². The maximum Gasteiger partial charge on any atom is 0.127 e. The van der Waals surface area contributed by atoms with Gasteiger partial charge in [0.15, 0.2) is 0 Å². The number of likely N-dealkylation sites (N-methyl/N-ethyl adjacent to an activating group) is 1. The van der Waals surface area contributed by atoms with E-state index in [-0.39, 0.29) is 11.9 Å². The smallest absolute Gasteiger partial charge is 0.127 e. The molecule has 0 radical (unpaired) electrons. The Bertz CT molecular complexity index is 619. The summed E-state index contributed by atoms with van der Waals surface area (Å²) < 4.78 is 15.5. The minimum Gasteiger partial charge on any atom is -0.313 e. The molecule has 0 fully saturated rings. The summed E-state index contributed by atoms with van der Waals surface area (Å²) in [5, 5.41) is 3.85. The topological polar surface area (TPSA) is 12.0 Å². The van der Waals surface area contributed by atoms with Crippen LogP contribution < -0.4 is 5.32 Å². The van der Waals surface area contributed by atoms with Crippen molar-refractivity contribution in [1.29, 1.82) is 0 Å². The summed E-state index contributed by atoms with van der Waals surface area (Å²) in [6, 6.07) is 10.8. The van der Waals surface area contributed by atoms with Crippen molar-refractivity contribution in [3.05, 3.63) is 67.3 Å². The highest BCUT2D eigenvalue weighted by Crippen LogP contribution is 2.32. The highest BCUT2D eigenvalue weighted by Gasteiger charge is 2.17. The lowest BCUT2D eigenvalue weighted by molar-refractivity contribution is 0.554. The molecule has 0 aromatic heterocycles. The monoisotopic (exact) mass is 419 g/mol. The summed E-state index contributed by atoms with van der Waals surface area (Å²) in [7, 11) is 1.85. The van der Waals surface area contributed by atoms with E-state index in [0.29, 0.717) is 17.0 Å². The van der Waals surface area contributed by atoms with Crippen molar-refractivity contribution < 1.29 is 4.39 Å². The molecule has 0 aliphatic carbocycles. The SMILES string of the molecule is CNC(Cc1ccc(Br)cc1F)c1cccc(Br)c1Cl. The Kier molecular flexibility index (Phi) is 5.61. The highest BCUT2D eigenvalue weighted by atomic mass is 79.9. The zero-order valence-corrected chi connectivity index (χ0v) is 14.7. The molecule has 0 saturated carbocycles. The van der Waals surface area contributed by atoms with Gasteiger partial charge in [0, 0.05) is 15.0 Å². The van der Waals surface area contributed by atoms with Crippen LogP contribution in [-0.2, 0) is 6.42 Å². The van der Waals surface area contributed by atoms with Crippen molar-refractivity contribution in [2.45, 2.75) is 12.5 Å². The average Bonchev–Trinajstić information content (AvgIpc) is 2.42. The van der Waals surface area contributed by atoms with Gasteiger partial charge in [0.25, 0.3) is 0 Å². The van der Waals surface area contributed by atoms with E-state index in [9.17, 15) is 4.39 Å². The Balaban J connectivity index is 2.31. The third-order valence-corrected chi connectivity index (χ3v) is 4.95. The van der Waals surface area contributed by atoms with Gasteiger partial charge in [-0.05, 0) is 58.7 Å². The molecule has 1 unspecified atom stereocenters. The van der Waals surface area contributed by atoms with Gasteiger partial charge in [0.1, 0.15) is 5.82 Å². The summed E-state index contributed by atoms with van der Waals surface area (Å²) in [5.74, 6) is -0.217. The largest absolute Gasteiger partial charge is 0.313 e. The molecule has 0 heterocycles. The van der Waals surface area contributed by atoms with E-state index in [1.807, 2.05) is 31.3 Å². The van der Waals surface area contributed by atoms with Crippen LogP contribution in [0.1, 0.15) is 17.2 Å². The molecule has 0 spiro atoms.